The van der Waals surface area contributed by atoms with E-state index in [1.165, 1.54) is 6.92 Å². The standard InChI is InChI=1S/C19H20FN5O2S/c1-11-8-14(27-16-6-5-13-4-3-7-21-18(13)23-16)9-25(11)10-15-17(20)24-19(28-15)22-12(2)26/h3-7,11,14H,8-10H2,1-2H3,(H,22,24,26). The van der Waals surface area contributed by atoms with Crippen molar-refractivity contribution in [1.29, 1.82) is 0 Å². The van der Waals surface area contributed by atoms with Crippen LogP contribution >= 0.6 is 11.3 Å². The molecule has 0 saturated carbocycles. The number of anilines is 1. The number of carbonyl (C=O) groups is 1. The predicted octanol–water partition coefficient (Wildman–Crippen LogP) is 3.23. The van der Waals surface area contributed by atoms with Gasteiger partial charge in [0, 0.05) is 50.1 Å². The molecule has 0 spiro atoms. The van der Waals surface area contributed by atoms with Gasteiger partial charge >= 0.3 is 0 Å². The summed E-state index contributed by atoms with van der Waals surface area (Å²) >= 11 is 1.16. The van der Waals surface area contributed by atoms with Crippen LogP contribution in [0.2, 0.25) is 0 Å². The molecule has 1 aliphatic rings. The zero-order chi connectivity index (χ0) is 19.7. The number of aromatic nitrogens is 3. The molecule has 0 bridgehead atoms. The fourth-order valence-corrected chi connectivity index (χ4v) is 4.26. The van der Waals surface area contributed by atoms with Gasteiger partial charge < -0.3 is 10.1 Å². The van der Waals surface area contributed by atoms with Crippen LogP contribution in [0, 0.1) is 5.95 Å². The summed E-state index contributed by atoms with van der Waals surface area (Å²) in [5.41, 5.74) is 0.653. The summed E-state index contributed by atoms with van der Waals surface area (Å²) in [5.74, 6) is -0.254. The van der Waals surface area contributed by atoms with Gasteiger partial charge in [0.2, 0.25) is 17.7 Å². The highest BCUT2D eigenvalue weighted by atomic mass is 32.1. The smallest absolute Gasteiger partial charge is 0.230 e. The Labute approximate surface area is 165 Å². The van der Waals surface area contributed by atoms with Crippen LogP contribution in [-0.4, -0.2) is 44.4 Å². The highest BCUT2D eigenvalue weighted by Gasteiger charge is 2.32. The summed E-state index contributed by atoms with van der Waals surface area (Å²) in [4.78, 5) is 26.3. The van der Waals surface area contributed by atoms with Gasteiger partial charge in [-0.2, -0.15) is 14.4 Å². The highest BCUT2D eigenvalue weighted by Crippen LogP contribution is 2.28. The highest BCUT2D eigenvalue weighted by molar-refractivity contribution is 7.15. The maximum Gasteiger partial charge on any atom is 0.230 e. The van der Waals surface area contributed by atoms with Crippen LogP contribution in [0.5, 0.6) is 5.88 Å². The molecule has 1 saturated heterocycles. The van der Waals surface area contributed by atoms with E-state index >= 15 is 0 Å². The second-order valence-electron chi connectivity index (χ2n) is 6.87. The Morgan fingerprint density at radius 2 is 2.25 bits per heavy atom. The van der Waals surface area contributed by atoms with Crippen molar-refractivity contribution in [2.45, 2.75) is 39.0 Å². The van der Waals surface area contributed by atoms with Gasteiger partial charge in [-0.15, -0.1) is 0 Å². The molecule has 3 aromatic rings. The molecule has 0 aromatic carbocycles. The quantitative estimate of drug-likeness (QED) is 0.707. The number of nitrogens with one attached hydrogen (secondary N) is 1. The van der Waals surface area contributed by atoms with Gasteiger partial charge in [-0.1, -0.05) is 11.3 Å². The summed E-state index contributed by atoms with van der Waals surface area (Å²) < 4.78 is 20.2. The van der Waals surface area contributed by atoms with Crippen molar-refractivity contribution in [3.8, 4) is 5.88 Å². The largest absolute Gasteiger partial charge is 0.473 e. The number of rotatable bonds is 5. The number of amides is 1. The lowest BCUT2D eigenvalue weighted by atomic mass is 10.2. The van der Waals surface area contributed by atoms with Gasteiger partial charge in [0.1, 0.15) is 6.10 Å². The third-order valence-electron chi connectivity index (χ3n) is 4.67. The molecule has 2 atom stereocenters. The fraction of sp³-hybridized carbons (Fsp3) is 0.368. The molecule has 1 amide bonds. The Balaban J connectivity index is 1.41. The number of halogens is 1. The second-order valence-corrected chi connectivity index (χ2v) is 7.95. The lowest BCUT2D eigenvalue weighted by Crippen LogP contribution is -2.28. The van der Waals surface area contributed by atoms with Crippen molar-refractivity contribution < 1.29 is 13.9 Å². The molecule has 7 nitrogen and oxygen atoms in total. The van der Waals surface area contributed by atoms with E-state index in [1.54, 1.807) is 6.20 Å². The Morgan fingerprint density at radius 1 is 1.39 bits per heavy atom. The lowest BCUT2D eigenvalue weighted by Gasteiger charge is -2.19. The molecule has 0 radical (unpaired) electrons. The van der Waals surface area contributed by atoms with Crippen LogP contribution in [-0.2, 0) is 11.3 Å². The van der Waals surface area contributed by atoms with Gasteiger partial charge in [0.05, 0.1) is 4.88 Å². The van der Waals surface area contributed by atoms with Crippen molar-refractivity contribution in [2.75, 3.05) is 11.9 Å². The molecule has 0 aliphatic carbocycles. The van der Waals surface area contributed by atoms with Crippen molar-refractivity contribution in [1.82, 2.24) is 19.9 Å². The number of likely N-dealkylation sites (tertiary alicyclic amines) is 1. The van der Waals surface area contributed by atoms with E-state index in [1.807, 2.05) is 24.3 Å². The van der Waals surface area contributed by atoms with E-state index in [4.69, 9.17) is 4.74 Å². The van der Waals surface area contributed by atoms with Gasteiger partial charge in [-0.05, 0) is 25.1 Å². The number of hydrogen-bond acceptors (Lipinski definition) is 7. The van der Waals surface area contributed by atoms with E-state index < -0.39 is 5.95 Å². The Morgan fingerprint density at radius 3 is 3.07 bits per heavy atom. The van der Waals surface area contributed by atoms with Gasteiger partial charge in [0.25, 0.3) is 0 Å². The number of fused-ring (bicyclic) bond motifs is 1. The lowest BCUT2D eigenvalue weighted by molar-refractivity contribution is -0.114. The molecular weight excluding hydrogens is 381 g/mol. The molecule has 3 aromatic heterocycles. The molecule has 1 N–H and O–H groups in total. The topological polar surface area (TPSA) is 80.2 Å². The van der Waals surface area contributed by atoms with Crippen LogP contribution in [0.25, 0.3) is 11.0 Å². The van der Waals surface area contributed by atoms with Crippen molar-refractivity contribution in [3.63, 3.8) is 0 Å². The van der Waals surface area contributed by atoms with Crippen molar-refractivity contribution in [2.24, 2.45) is 0 Å². The van der Waals surface area contributed by atoms with Gasteiger partial charge in [-0.25, -0.2) is 4.98 Å². The van der Waals surface area contributed by atoms with E-state index in [0.717, 1.165) is 23.1 Å². The van der Waals surface area contributed by atoms with E-state index in [9.17, 15) is 9.18 Å². The third-order valence-corrected chi connectivity index (χ3v) is 5.60. The van der Waals surface area contributed by atoms with Crippen LogP contribution in [0.1, 0.15) is 25.1 Å². The number of pyridine rings is 2. The minimum Gasteiger partial charge on any atom is -0.473 e. The molecule has 1 aliphatic heterocycles. The molecule has 28 heavy (non-hydrogen) atoms. The normalized spacial score (nSPS) is 19.8. The van der Waals surface area contributed by atoms with E-state index in [-0.39, 0.29) is 23.2 Å². The molecule has 4 heterocycles. The van der Waals surface area contributed by atoms with Crippen LogP contribution < -0.4 is 10.1 Å². The number of hydrogen-bond donors (Lipinski definition) is 1. The van der Waals surface area contributed by atoms with Gasteiger partial charge in [0.15, 0.2) is 10.8 Å². The van der Waals surface area contributed by atoms with Gasteiger partial charge in [-0.3, -0.25) is 9.69 Å². The average molecular weight is 401 g/mol. The summed E-state index contributed by atoms with van der Waals surface area (Å²) in [6.45, 7) is 4.55. The van der Waals surface area contributed by atoms with Crippen molar-refractivity contribution >= 4 is 33.4 Å². The number of nitrogens with zero attached hydrogens (tertiary/aromatic N) is 4. The SMILES string of the molecule is CC(=O)Nc1nc(F)c(CN2CC(Oc3ccc4cccnc4n3)CC2C)s1. The Bertz CT molecular complexity index is 1010. The fourth-order valence-electron chi connectivity index (χ4n) is 3.34. The molecule has 4 rings (SSSR count). The number of thiazole rings is 1. The first kappa shape index (κ1) is 18.7. The monoisotopic (exact) mass is 401 g/mol. The van der Waals surface area contributed by atoms with E-state index in [0.29, 0.717) is 29.5 Å². The van der Waals surface area contributed by atoms with Crippen LogP contribution in [0.4, 0.5) is 9.52 Å². The maximum absolute atomic E-state index is 14.1. The zero-order valence-corrected chi connectivity index (χ0v) is 16.4. The summed E-state index contributed by atoms with van der Waals surface area (Å²) in [6.07, 6.45) is 2.49. The molecule has 1 fully saturated rings. The average Bonchev–Trinajstić information content (AvgIpc) is 3.16. The van der Waals surface area contributed by atoms with Crippen molar-refractivity contribution in [3.05, 3.63) is 41.3 Å². The zero-order valence-electron chi connectivity index (χ0n) is 15.6. The van der Waals surface area contributed by atoms with Crippen LogP contribution in [0.15, 0.2) is 30.5 Å². The predicted molar refractivity (Wildman–Crippen MR) is 105 cm³/mol. The summed E-state index contributed by atoms with van der Waals surface area (Å²) in [5, 5.41) is 3.78. The van der Waals surface area contributed by atoms with Crippen LogP contribution in [0.3, 0.4) is 0 Å². The third kappa shape index (κ3) is 4.10. The number of carbonyl (C=O) groups excluding carboxylic acids is 1. The summed E-state index contributed by atoms with van der Waals surface area (Å²) in [6, 6.07) is 7.85. The maximum atomic E-state index is 14.1. The summed E-state index contributed by atoms with van der Waals surface area (Å²) in [7, 11) is 0. The first-order valence-corrected chi connectivity index (χ1v) is 9.85. The molecular formula is C19H20FN5O2S. The molecule has 146 valence electrons. The molecule has 9 heteroatoms. The Hall–Kier alpha value is -2.65. The Kier molecular flexibility index (Phi) is 5.19. The minimum absolute atomic E-state index is 0.0329. The second kappa shape index (κ2) is 7.76. The minimum atomic E-state index is -0.535. The van der Waals surface area contributed by atoms with E-state index in [2.05, 4.69) is 32.1 Å². The number of ether oxygens (including phenoxy) is 1. The molecule has 2 unspecified atom stereocenters. The first-order chi connectivity index (χ1) is 13.5. The first-order valence-electron chi connectivity index (χ1n) is 9.03.